The van der Waals surface area contributed by atoms with Crippen molar-refractivity contribution < 1.29 is 9.52 Å². The van der Waals surface area contributed by atoms with E-state index in [0.29, 0.717) is 6.42 Å². The Hall–Kier alpha value is -2.06. The van der Waals surface area contributed by atoms with Crippen molar-refractivity contribution in [1.82, 2.24) is 0 Å². The van der Waals surface area contributed by atoms with Crippen LogP contribution in [-0.2, 0) is 0 Å². The molecule has 90 valence electrons. The molecule has 3 rings (SSSR count). The van der Waals surface area contributed by atoms with E-state index in [4.69, 9.17) is 9.52 Å². The van der Waals surface area contributed by atoms with Crippen LogP contribution in [0, 0.1) is 0 Å². The molecule has 0 unspecified atom stereocenters. The molecule has 2 heteroatoms. The Morgan fingerprint density at radius 1 is 1.00 bits per heavy atom. The summed E-state index contributed by atoms with van der Waals surface area (Å²) in [7, 11) is 0. The lowest BCUT2D eigenvalue weighted by Crippen LogP contribution is -1.77. The molecule has 3 aromatic rings. The Morgan fingerprint density at radius 2 is 1.83 bits per heavy atom. The van der Waals surface area contributed by atoms with Crippen LogP contribution in [0.25, 0.3) is 28.0 Å². The van der Waals surface area contributed by atoms with E-state index in [-0.39, 0.29) is 6.61 Å². The maximum Gasteiger partial charge on any atom is 0.142 e. The molecule has 0 aliphatic heterocycles. The summed E-state index contributed by atoms with van der Waals surface area (Å²) >= 11 is 0. The standard InChI is InChI=1S/C16H14O2/c17-11-4-3-6-12-7-5-9-14-13-8-1-2-10-15(13)18-16(12)14/h1-3,5-10,17H,4,11H2. The monoisotopic (exact) mass is 238 g/mol. The second-order valence-corrected chi connectivity index (χ2v) is 4.24. The minimum atomic E-state index is 0.173. The molecule has 0 fully saturated rings. The van der Waals surface area contributed by atoms with Crippen LogP contribution < -0.4 is 0 Å². The zero-order chi connectivity index (χ0) is 12.4. The third kappa shape index (κ3) is 1.81. The van der Waals surface area contributed by atoms with Crippen LogP contribution in [0.15, 0.2) is 53.0 Å². The fraction of sp³-hybridized carbons (Fsp3) is 0.125. The van der Waals surface area contributed by atoms with Crippen molar-refractivity contribution in [3.8, 4) is 0 Å². The van der Waals surface area contributed by atoms with Gasteiger partial charge in [-0.05, 0) is 12.5 Å². The molecule has 1 heterocycles. The SMILES string of the molecule is OCCC=Cc1cccc2c1oc1ccccc12. The van der Waals surface area contributed by atoms with Gasteiger partial charge in [0.25, 0.3) is 0 Å². The highest BCUT2D eigenvalue weighted by atomic mass is 16.3. The van der Waals surface area contributed by atoms with Crippen LogP contribution in [-0.4, -0.2) is 11.7 Å². The van der Waals surface area contributed by atoms with Gasteiger partial charge in [-0.2, -0.15) is 0 Å². The van der Waals surface area contributed by atoms with Crippen molar-refractivity contribution >= 4 is 28.0 Å². The Kier molecular flexibility index (Phi) is 2.87. The third-order valence-electron chi connectivity index (χ3n) is 3.03. The normalized spacial score (nSPS) is 11.8. The number of rotatable bonds is 3. The Labute approximate surface area is 105 Å². The van der Waals surface area contributed by atoms with Crippen molar-refractivity contribution in [3.05, 3.63) is 54.1 Å². The summed E-state index contributed by atoms with van der Waals surface area (Å²) in [6.07, 6.45) is 4.62. The van der Waals surface area contributed by atoms with Crippen molar-refractivity contribution in [1.29, 1.82) is 0 Å². The molecule has 0 aliphatic carbocycles. The first-order chi connectivity index (χ1) is 8.90. The van der Waals surface area contributed by atoms with Gasteiger partial charge >= 0.3 is 0 Å². The summed E-state index contributed by atoms with van der Waals surface area (Å²) in [4.78, 5) is 0. The summed E-state index contributed by atoms with van der Waals surface area (Å²) in [6.45, 7) is 0.173. The van der Waals surface area contributed by atoms with Crippen LogP contribution in [0.4, 0.5) is 0 Å². The first-order valence-corrected chi connectivity index (χ1v) is 6.08. The lowest BCUT2D eigenvalue weighted by atomic mass is 10.1. The van der Waals surface area contributed by atoms with Crippen molar-refractivity contribution in [3.63, 3.8) is 0 Å². The van der Waals surface area contributed by atoms with Crippen LogP contribution >= 0.6 is 0 Å². The lowest BCUT2D eigenvalue weighted by Gasteiger charge is -1.95. The van der Waals surface area contributed by atoms with Gasteiger partial charge in [-0.15, -0.1) is 0 Å². The number of hydrogen-bond acceptors (Lipinski definition) is 2. The molecule has 0 saturated carbocycles. The van der Waals surface area contributed by atoms with Gasteiger partial charge < -0.3 is 9.52 Å². The van der Waals surface area contributed by atoms with Crippen LogP contribution in [0.2, 0.25) is 0 Å². The van der Waals surface area contributed by atoms with E-state index in [1.807, 2.05) is 42.5 Å². The van der Waals surface area contributed by atoms with Gasteiger partial charge in [-0.1, -0.05) is 48.6 Å². The smallest absolute Gasteiger partial charge is 0.142 e. The minimum absolute atomic E-state index is 0.173. The fourth-order valence-corrected chi connectivity index (χ4v) is 2.19. The third-order valence-corrected chi connectivity index (χ3v) is 3.03. The van der Waals surface area contributed by atoms with E-state index in [9.17, 15) is 0 Å². The molecule has 0 aliphatic rings. The van der Waals surface area contributed by atoms with E-state index >= 15 is 0 Å². The Bertz CT molecular complexity index is 707. The topological polar surface area (TPSA) is 33.4 Å². The van der Waals surface area contributed by atoms with Gasteiger partial charge in [0.15, 0.2) is 0 Å². The van der Waals surface area contributed by atoms with E-state index in [2.05, 4.69) is 12.1 Å². The maximum atomic E-state index is 8.80. The molecule has 0 saturated heterocycles. The Balaban J connectivity index is 2.21. The second kappa shape index (κ2) is 4.67. The number of furan rings is 1. The number of fused-ring (bicyclic) bond motifs is 3. The molecule has 2 nitrogen and oxygen atoms in total. The summed E-state index contributed by atoms with van der Waals surface area (Å²) in [5, 5.41) is 11.1. The number of aliphatic hydroxyl groups is 1. The molecule has 0 bridgehead atoms. The molecular weight excluding hydrogens is 224 g/mol. The van der Waals surface area contributed by atoms with Gasteiger partial charge in [-0.3, -0.25) is 0 Å². The predicted molar refractivity (Wildman–Crippen MR) is 74.5 cm³/mol. The highest BCUT2D eigenvalue weighted by Gasteiger charge is 2.07. The highest BCUT2D eigenvalue weighted by Crippen LogP contribution is 2.31. The Morgan fingerprint density at radius 3 is 2.72 bits per heavy atom. The first-order valence-electron chi connectivity index (χ1n) is 6.08. The summed E-state index contributed by atoms with van der Waals surface area (Å²) < 4.78 is 5.90. The second-order valence-electron chi connectivity index (χ2n) is 4.24. The van der Waals surface area contributed by atoms with Gasteiger partial charge in [-0.25, -0.2) is 0 Å². The molecule has 1 N–H and O–H groups in total. The van der Waals surface area contributed by atoms with E-state index in [0.717, 1.165) is 27.5 Å². The number of aliphatic hydroxyl groups excluding tert-OH is 1. The average Bonchev–Trinajstić information content (AvgIpc) is 2.79. The number of para-hydroxylation sites is 2. The van der Waals surface area contributed by atoms with Gasteiger partial charge in [0, 0.05) is 22.9 Å². The summed E-state index contributed by atoms with van der Waals surface area (Å²) in [6, 6.07) is 14.2. The lowest BCUT2D eigenvalue weighted by molar-refractivity contribution is 0.303. The minimum Gasteiger partial charge on any atom is -0.455 e. The summed E-state index contributed by atoms with van der Waals surface area (Å²) in [5.41, 5.74) is 2.88. The van der Waals surface area contributed by atoms with Gasteiger partial charge in [0.1, 0.15) is 11.2 Å². The maximum absolute atomic E-state index is 8.80. The van der Waals surface area contributed by atoms with E-state index in [1.54, 1.807) is 0 Å². The van der Waals surface area contributed by atoms with E-state index < -0.39 is 0 Å². The number of hydrogen-bond donors (Lipinski definition) is 1. The quantitative estimate of drug-likeness (QED) is 0.748. The molecular formula is C16H14O2. The molecule has 0 spiro atoms. The molecule has 2 aromatic carbocycles. The zero-order valence-electron chi connectivity index (χ0n) is 9.97. The van der Waals surface area contributed by atoms with Gasteiger partial charge in [0.05, 0.1) is 0 Å². The van der Waals surface area contributed by atoms with E-state index in [1.165, 1.54) is 0 Å². The molecule has 0 amide bonds. The van der Waals surface area contributed by atoms with Crippen LogP contribution in [0.1, 0.15) is 12.0 Å². The predicted octanol–water partition coefficient (Wildman–Crippen LogP) is 3.98. The van der Waals surface area contributed by atoms with Crippen molar-refractivity contribution in [2.24, 2.45) is 0 Å². The van der Waals surface area contributed by atoms with Crippen LogP contribution in [0.3, 0.4) is 0 Å². The largest absolute Gasteiger partial charge is 0.455 e. The average molecular weight is 238 g/mol. The molecule has 1 aromatic heterocycles. The summed E-state index contributed by atoms with van der Waals surface area (Å²) in [5.74, 6) is 0. The molecule has 0 radical (unpaired) electrons. The van der Waals surface area contributed by atoms with Crippen molar-refractivity contribution in [2.45, 2.75) is 6.42 Å². The van der Waals surface area contributed by atoms with Gasteiger partial charge in [0.2, 0.25) is 0 Å². The first kappa shape index (κ1) is 11.1. The number of benzene rings is 2. The van der Waals surface area contributed by atoms with Crippen LogP contribution in [0.5, 0.6) is 0 Å². The molecule has 18 heavy (non-hydrogen) atoms. The highest BCUT2D eigenvalue weighted by molar-refractivity contribution is 6.07. The zero-order valence-corrected chi connectivity index (χ0v) is 9.97. The fourth-order valence-electron chi connectivity index (χ4n) is 2.19. The molecule has 0 atom stereocenters. The van der Waals surface area contributed by atoms with Crippen molar-refractivity contribution in [2.75, 3.05) is 6.61 Å².